The van der Waals surface area contributed by atoms with Crippen LogP contribution >= 0.6 is 23.8 Å². The standard InChI is InChI=1S/C23H30ClN3O2S/c1-26-12-10-20(11-13-26)27(23(30)25-19-6-4-5-18(24)16-19)14-9-17-7-8-21(28-2)22(15-17)29-3/h4-8,15-16,20H,9-14H2,1-3H3,(H,25,30). The summed E-state index contributed by atoms with van der Waals surface area (Å²) in [5.41, 5.74) is 2.10. The van der Waals surface area contributed by atoms with Crippen molar-refractivity contribution in [2.75, 3.05) is 46.2 Å². The molecular weight excluding hydrogens is 418 g/mol. The number of methoxy groups -OCH3 is 2. The molecule has 0 aliphatic carbocycles. The average Bonchev–Trinajstić information content (AvgIpc) is 2.75. The van der Waals surface area contributed by atoms with E-state index in [-0.39, 0.29) is 0 Å². The number of piperidine rings is 1. The number of rotatable bonds is 7. The van der Waals surface area contributed by atoms with Crippen LogP contribution in [-0.4, -0.2) is 61.9 Å². The third-order valence-electron chi connectivity index (χ3n) is 5.55. The Morgan fingerprint density at radius 2 is 1.87 bits per heavy atom. The molecule has 162 valence electrons. The molecule has 0 amide bonds. The van der Waals surface area contributed by atoms with E-state index in [1.165, 1.54) is 5.56 Å². The van der Waals surface area contributed by atoms with Crippen LogP contribution in [0, 0.1) is 0 Å². The van der Waals surface area contributed by atoms with Gasteiger partial charge in [0.15, 0.2) is 16.6 Å². The fourth-order valence-electron chi connectivity index (χ4n) is 3.80. The molecule has 2 aromatic rings. The molecule has 30 heavy (non-hydrogen) atoms. The normalized spacial score (nSPS) is 14.9. The zero-order chi connectivity index (χ0) is 21.5. The molecule has 1 aliphatic heterocycles. The van der Waals surface area contributed by atoms with Crippen LogP contribution in [0.3, 0.4) is 0 Å². The zero-order valence-electron chi connectivity index (χ0n) is 17.9. The number of hydrogen-bond acceptors (Lipinski definition) is 4. The minimum Gasteiger partial charge on any atom is -0.493 e. The van der Waals surface area contributed by atoms with E-state index in [9.17, 15) is 0 Å². The van der Waals surface area contributed by atoms with Crippen LogP contribution in [0.5, 0.6) is 11.5 Å². The minimum absolute atomic E-state index is 0.417. The van der Waals surface area contributed by atoms with Gasteiger partial charge in [0.25, 0.3) is 0 Å². The number of benzene rings is 2. The van der Waals surface area contributed by atoms with Gasteiger partial charge >= 0.3 is 0 Å². The molecule has 0 aromatic heterocycles. The van der Waals surface area contributed by atoms with Crippen LogP contribution < -0.4 is 14.8 Å². The summed E-state index contributed by atoms with van der Waals surface area (Å²) in [4.78, 5) is 4.70. The monoisotopic (exact) mass is 447 g/mol. The van der Waals surface area contributed by atoms with E-state index in [0.717, 1.165) is 61.2 Å². The summed E-state index contributed by atoms with van der Waals surface area (Å²) in [5.74, 6) is 1.49. The number of ether oxygens (including phenoxy) is 2. The van der Waals surface area contributed by atoms with Crippen LogP contribution in [0.15, 0.2) is 42.5 Å². The Morgan fingerprint density at radius 1 is 1.13 bits per heavy atom. The lowest BCUT2D eigenvalue weighted by molar-refractivity contribution is 0.178. The van der Waals surface area contributed by atoms with E-state index in [1.807, 2.05) is 36.4 Å². The predicted molar refractivity (Wildman–Crippen MR) is 128 cm³/mol. The van der Waals surface area contributed by atoms with Gasteiger partial charge < -0.3 is 24.6 Å². The van der Waals surface area contributed by atoms with Gasteiger partial charge in [0.1, 0.15) is 0 Å². The van der Waals surface area contributed by atoms with Gasteiger partial charge in [0.05, 0.1) is 14.2 Å². The summed E-state index contributed by atoms with van der Waals surface area (Å²) < 4.78 is 10.8. The molecule has 0 bridgehead atoms. The van der Waals surface area contributed by atoms with Gasteiger partial charge in [-0.25, -0.2) is 0 Å². The van der Waals surface area contributed by atoms with E-state index in [0.29, 0.717) is 11.1 Å². The van der Waals surface area contributed by atoms with Gasteiger partial charge in [-0.05, 0) is 87.5 Å². The van der Waals surface area contributed by atoms with E-state index in [2.05, 4.69) is 28.2 Å². The third kappa shape index (κ3) is 6.00. The highest BCUT2D eigenvalue weighted by atomic mass is 35.5. The maximum Gasteiger partial charge on any atom is 0.173 e. The molecule has 2 aromatic carbocycles. The summed E-state index contributed by atoms with van der Waals surface area (Å²) in [7, 11) is 5.49. The lowest BCUT2D eigenvalue weighted by Crippen LogP contribution is -2.48. The first-order valence-corrected chi connectivity index (χ1v) is 11.0. The number of hydrogen-bond donors (Lipinski definition) is 1. The molecule has 7 heteroatoms. The summed E-state index contributed by atoms with van der Waals surface area (Å²) in [6.07, 6.45) is 3.06. The van der Waals surface area contributed by atoms with E-state index >= 15 is 0 Å². The molecule has 0 spiro atoms. The Balaban J connectivity index is 1.73. The highest BCUT2D eigenvalue weighted by Crippen LogP contribution is 2.28. The molecule has 1 heterocycles. The molecule has 0 unspecified atom stereocenters. The molecule has 1 fully saturated rings. The van der Waals surface area contributed by atoms with Gasteiger partial charge in [-0.15, -0.1) is 0 Å². The number of anilines is 1. The summed E-state index contributed by atoms with van der Waals surface area (Å²) in [6, 6.07) is 14.2. The first-order chi connectivity index (χ1) is 14.5. The first kappa shape index (κ1) is 22.7. The number of nitrogens with zero attached hydrogens (tertiary/aromatic N) is 2. The molecule has 0 atom stereocenters. The van der Waals surface area contributed by atoms with Crippen LogP contribution in [0.2, 0.25) is 5.02 Å². The number of nitrogens with one attached hydrogen (secondary N) is 1. The minimum atomic E-state index is 0.417. The highest BCUT2D eigenvalue weighted by molar-refractivity contribution is 7.80. The van der Waals surface area contributed by atoms with Crippen LogP contribution in [-0.2, 0) is 6.42 Å². The fourth-order valence-corrected chi connectivity index (χ4v) is 4.35. The maximum absolute atomic E-state index is 6.14. The van der Waals surface area contributed by atoms with Crippen molar-refractivity contribution in [3.05, 3.63) is 53.1 Å². The Kier molecular flexibility index (Phi) is 8.19. The maximum atomic E-state index is 6.14. The van der Waals surface area contributed by atoms with Crippen molar-refractivity contribution in [1.82, 2.24) is 9.80 Å². The van der Waals surface area contributed by atoms with Gasteiger partial charge in [-0.3, -0.25) is 0 Å². The molecule has 0 saturated carbocycles. The SMILES string of the molecule is COc1ccc(CCN(C(=S)Nc2cccc(Cl)c2)C2CCN(C)CC2)cc1OC. The topological polar surface area (TPSA) is 37.0 Å². The average molecular weight is 448 g/mol. The molecule has 1 aliphatic rings. The van der Waals surface area contributed by atoms with Gasteiger partial charge in [0.2, 0.25) is 0 Å². The predicted octanol–water partition coefficient (Wildman–Crippen LogP) is 4.69. The third-order valence-corrected chi connectivity index (χ3v) is 6.13. The van der Waals surface area contributed by atoms with E-state index in [1.54, 1.807) is 14.2 Å². The van der Waals surface area contributed by atoms with Crippen molar-refractivity contribution in [2.24, 2.45) is 0 Å². The van der Waals surface area contributed by atoms with Crippen molar-refractivity contribution in [2.45, 2.75) is 25.3 Å². The van der Waals surface area contributed by atoms with E-state index in [4.69, 9.17) is 33.3 Å². The molecule has 1 N–H and O–H groups in total. The molecule has 5 nitrogen and oxygen atoms in total. The lowest BCUT2D eigenvalue weighted by atomic mass is 10.0. The second-order valence-electron chi connectivity index (χ2n) is 7.61. The van der Waals surface area contributed by atoms with Crippen molar-refractivity contribution >= 4 is 34.6 Å². The van der Waals surface area contributed by atoms with Crippen LogP contribution in [0.4, 0.5) is 5.69 Å². The quantitative estimate of drug-likeness (QED) is 0.620. The fraction of sp³-hybridized carbons (Fsp3) is 0.435. The number of halogens is 1. The molecule has 1 saturated heterocycles. The van der Waals surface area contributed by atoms with Crippen molar-refractivity contribution in [1.29, 1.82) is 0 Å². The second kappa shape index (κ2) is 10.8. The number of likely N-dealkylation sites (tertiary alicyclic amines) is 1. The first-order valence-electron chi connectivity index (χ1n) is 10.2. The van der Waals surface area contributed by atoms with E-state index < -0.39 is 0 Å². The Hall–Kier alpha value is -2.02. The smallest absolute Gasteiger partial charge is 0.173 e. The van der Waals surface area contributed by atoms with Crippen molar-refractivity contribution in [3.63, 3.8) is 0 Å². The lowest BCUT2D eigenvalue weighted by Gasteiger charge is -2.39. The highest BCUT2D eigenvalue weighted by Gasteiger charge is 2.25. The molecule has 0 radical (unpaired) electrons. The summed E-state index contributed by atoms with van der Waals surface area (Å²) in [5, 5.41) is 4.82. The van der Waals surface area contributed by atoms with Crippen LogP contribution in [0.25, 0.3) is 0 Å². The molecular formula is C23H30ClN3O2S. The van der Waals surface area contributed by atoms with Gasteiger partial charge in [-0.2, -0.15) is 0 Å². The molecule has 3 rings (SSSR count). The summed E-state index contributed by atoms with van der Waals surface area (Å²) >= 11 is 12.0. The van der Waals surface area contributed by atoms with Gasteiger partial charge in [-0.1, -0.05) is 23.7 Å². The Morgan fingerprint density at radius 3 is 2.53 bits per heavy atom. The summed E-state index contributed by atoms with van der Waals surface area (Å²) in [6.45, 7) is 2.99. The largest absolute Gasteiger partial charge is 0.493 e. The number of thiocarbonyl (C=S) groups is 1. The zero-order valence-corrected chi connectivity index (χ0v) is 19.4. The Bertz CT molecular complexity index is 856. The van der Waals surface area contributed by atoms with Crippen LogP contribution in [0.1, 0.15) is 18.4 Å². The van der Waals surface area contributed by atoms with Crippen molar-refractivity contribution < 1.29 is 9.47 Å². The van der Waals surface area contributed by atoms with Gasteiger partial charge in [0, 0.05) is 23.3 Å². The Labute approximate surface area is 189 Å². The van der Waals surface area contributed by atoms with Crippen molar-refractivity contribution in [3.8, 4) is 11.5 Å². The second-order valence-corrected chi connectivity index (χ2v) is 8.43.